The molecule has 0 amide bonds. The Labute approximate surface area is 129 Å². The number of ether oxygens (including phenoxy) is 1. The summed E-state index contributed by atoms with van der Waals surface area (Å²) in [6.45, 7) is 4.49. The lowest BCUT2D eigenvalue weighted by Gasteiger charge is -2.31. The smallest absolute Gasteiger partial charge is 0.246 e. The summed E-state index contributed by atoms with van der Waals surface area (Å²) >= 11 is 0. The van der Waals surface area contributed by atoms with Crippen molar-refractivity contribution in [1.29, 1.82) is 0 Å². The van der Waals surface area contributed by atoms with Crippen molar-refractivity contribution < 1.29 is 13.2 Å². The SMILES string of the molecule is Cc1cnc([C@H]2CN(S(=O)(=O)c3cn(C)nc3C)CCO2)[nH]1. The van der Waals surface area contributed by atoms with Crippen LogP contribution in [0.2, 0.25) is 0 Å². The zero-order chi connectivity index (χ0) is 15.9. The Kier molecular flexibility index (Phi) is 3.79. The number of H-pyrrole nitrogens is 1. The zero-order valence-electron chi connectivity index (χ0n) is 12.8. The van der Waals surface area contributed by atoms with E-state index in [0.29, 0.717) is 24.7 Å². The summed E-state index contributed by atoms with van der Waals surface area (Å²) in [5, 5.41) is 4.11. The third-order valence-corrected chi connectivity index (χ3v) is 5.61. The first-order chi connectivity index (χ1) is 10.4. The van der Waals surface area contributed by atoms with Crippen molar-refractivity contribution in [1.82, 2.24) is 24.1 Å². The van der Waals surface area contributed by atoms with E-state index >= 15 is 0 Å². The molecule has 2 aromatic rings. The standard InChI is InChI=1S/C13H19N5O3S/c1-9-6-14-13(15-9)11-7-18(4-5-21-11)22(19,20)12-8-17(3)16-10(12)2/h6,8,11H,4-5,7H2,1-3H3,(H,14,15)/t11-/m1/s1. The van der Waals surface area contributed by atoms with Gasteiger partial charge in [0, 0.05) is 38.2 Å². The normalized spacial score (nSPS) is 20.4. The number of hydrogen-bond donors (Lipinski definition) is 1. The van der Waals surface area contributed by atoms with E-state index in [0.717, 1.165) is 5.69 Å². The van der Waals surface area contributed by atoms with Gasteiger partial charge in [-0.25, -0.2) is 13.4 Å². The van der Waals surface area contributed by atoms with E-state index in [4.69, 9.17) is 4.74 Å². The van der Waals surface area contributed by atoms with Crippen LogP contribution in [0.5, 0.6) is 0 Å². The van der Waals surface area contributed by atoms with Gasteiger partial charge in [-0.2, -0.15) is 9.40 Å². The number of aromatic nitrogens is 4. The van der Waals surface area contributed by atoms with Gasteiger partial charge in [0.1, 0.15) is 16.8 Å². The fourth-order valence-corrected chi connectivity index (χ4v) is 4.20. The van der Waals surface area contributed by atoms with Crippen molar-refractivity contribution >= 4 is 10.0 Å². The second kappa shape index (κ2) is 5.49. The molecule has 2 aromatic heterocycles. The van der Waals surface area contributed by atoms with Crippen LogP contribution in [0.4, 0.5) is 0 Å². The quantitative estimate of drug-likeness (QED) is 0.888. The van der Waals surface area contributed by atoms with E-state index in [2.05, 4.69) is 15.1 Å². The van der Waals surface area contributed by atoms with E-state index in [1.165, 1.54) is 15.2 Å². The molecule has 8 nitrogen and oxygen atoms in total. The molecular formula is C13H19N5O3S. The topological polar surface area (TPSA) is 93.1 Å². The molecule has 120 valence electrons. The maximum Gasteiger partial charge on any atom is 0.246 e. The highest BCUT2D eigenvalue weighted by atomic mass is 32.2. The molecule has 1 aliphatic rings. The lowest BCUT2D eigenvalue weighted by molar-refractivity contribution is -0.00712. The van der Waals surface area contributed by atoms with Crippen LogP contribution in [0, 0.1) is 13.8 Å². The van der Waals surface area contributed by atoms with Crippen LogP contribution in [0.15, 0.2) is 17.3 Å². The van der Waals surface area contributed by atoms with Gasteiger partial charge in [0.25, 0.3) is 0 Å². The molecule has 0 unspecified atom stereocenters. The Hall–Kier alpha value is -1.71. The van der Waals surface area contributed by atoms with Gasteiger partial charge in [0.05, 0.1) is 12.3 Å². The van der Waals surface area contributed by atoms with Crippen molar-refractivity contribution in [3.63, 3.8) is 0 Å². The molecule has 0 spiro atoms. The lowest BCUT2D eigenvalue weighted by atomic mass is 10.3. The van der Waals surface area contributed by atoms with E-state index in [-0.39, 0.29) is 17.5 Å². The van der Waals surface area contributed by atoms with Crippen LogP contribution in [0.1, 0.15) is 23.3 Å². The van der Waals surface area contributed by atoms with Crippen LogP contribution in [-0.2, 0) is 21.8 Å². The molecule has 3 rings (SSSR count). The van der Waals surface area contributed by atoms with Crippen molar-refractivity contribution in [3.8, 4) is 0 Å². The molecule has 1 atom stereocenters. The number of aromatic amines is 1. The molecule has 0 radical (unpaired) electrons. The summed E-state index contributed by atoms with van der Waals surface area (Å²) < 4.78 is 34.2. The van der Waals surface area contributed by atoms with Crippen LogP contribution in [0.25, 0.3) is 0 Å². The maximum atomic E-state index is 12.8. The fraction of sp³-hybridized carbons (Fsp3) is 0.538. The molecule has 0 aromatic carbocycles. The Morgan fingerprint density at radius 3 is 2.77 bits per heavy atom. The summed E-state index contributed by atoms with van der Waals surface area (Å²) in [7, 11) is -1.87. The first-order valence-electron chi connectivity index (χ1n) is 7.01. The molecule has 0 aliphatic carbocycles. The van der Waals surface area contributed by atoms with Crippen molar-refractivity contribution in [2.75, 3.05) is 19.7 Å². The monoisotopic (exact) mass is 325 g/mol. The number of imidazole rings is 1. The first-order valence-corrected chi connectivity index (χ1v) is 8.45. The van der Waals surface area contributed by atoms with Gasteiger partial charge in [-0.15, -0.1) is 0 Å². The van der Waals surface area contributed by atoms with Gasteiger partial charge in [-0.3, -0.25) is 4.68 Å². The number of rotatable bonds is 3. The minimum absolute atomic E-state index is 0.240. The van der Waals surface area contributed by atoms with Gasteiger partial charge >= 0.3 is 0 Å². The van der Waals surface area contributed by atoms with Crippen molar-refractivity contribution in [2.24, 2.45) is 7.05 Å². The summed E-state index contributed by atoms with van der Waals surface area (Å²) in [6, 6.07) is 0. The second-order valence-electron chi connectivity index (χ2n) is 5.43. The minimum Gasteiger partial charge on any atom is -0.368 e. The fourth-order valence-electron chi connectivity index (χ4n) is 2.58. The molecule has 1 aliphatic heterocycles. The Morgan fingerprint density at radius 1 is 1.41 bits per heavy atom. The highest BCUT2D eigenvalue weighted by molar-refractivity contribution is 7.89. The van der Waals surface area contributed by atoms with Crippen LogP contribution >= 0.6 is 0 Å². The van der Waals surface area contributed by atoms with E-state index in [1.54, 1.807) is 20.2 Å². The predicted molar refractivity (Wildman–Crippen MR) is 78.7 cm³/mol. The predicted octanol–water partition coefficient (Wildman–Crippen LogP) is 0.522. The Bertz CT molecular complexity index is 779. The van der Waals surface area contributed by atoms with E-state index < -0.39 is 10.0 Å². The highest BCUT2D eigenvalue weighted by Crippen LogP contribution is 2.26. The first kappa shape index (κ1) is 15.2. The van der Waals surface area contributed by atoms with Gasteiger partial charge < -0.3 is 9.72 Å². The van der Waals surface area contributed by atoms with Crippen molar-refractivity contribution in [2.45, 2.75) is 24.8 Å². The van der Waals surface area contributed by atoms with Gasteiger partial charge in [-0.1, -0.05) is 0 Å². The Morgan fingerprint density at radius 2 is 2.18 bits per heavy atom. The van der Waals surface area contributed by atoms with E-state index in [1.807, 2.05) is 6.92 Å². The van der Waals surface area contributed by atoms with Crippen molar-refractivity contribution in [3.05, 3.63) is 29.6 Å². The largest absolute Gasteiger partial charge is 0.368 e. The molecule has 9 heteroatoms. The van der Waals surface area contributed by atoms with Crippen LogP contribution < -0.4 is 0 Å². The third kappa shape index (κ3) is 2.67. The molecule has 0 saturated carbocycles. The third-order valence-electron chi connectivity index (χ3n) is 3.64. The molecule has 1 N–H and O–H groups in total. The molecule has 3 heterocycles. The molecule has 1 fully saturated rings. The number of aryl methyl sites for hydroxylation is 3. The number of morpholine rings is 1. The van der Waals surface area contributed by atoms with Crippen LogP contribution in [-0.4, -0.2) is 52.2 Å². The number of nitrogens with zero attached hydrogens (tertiary/aromatic N) is 4. The molecular weight excluding hydrogens is 306 g/mol. The average Bonchev–Trinajstić information content (AvgIpc) is 3.05. The van der Waals surface area contributed by atoms with Crippen LogP contribution in [0.3, 0.4) is 0 Å². The lowest BCUT2D eigenvalue weighted by Crippen LogP contribution is -2.42. The van der Waals surface area contributed by atoms with Gasteiger partial charge in [0.15, 0.2) is 0 Å². The molecule has 0 bridgehead atoms. The average molecular weight is 325 g/mol. The summed E-state index contributed by atoms with van der Waals surface area (Å²) in [5.41, 5.74) is 1.42. The van der Waals surface area contributed by atoms with Gasteiger partial charge in [-0.05, 0) is 13.8 Å². The zero-order valence-corrected chi connectivity index (χ0v) is 13.6. The summed E-state index contributed by atoms with van der Waals surface area (Å²) in [6.07, 6.45) is 2.86. The number of sulfonamides is 1. The van der Waals surface area contributed by atoms with E-state index in [9.17, 15) is 8.42 Å². The minimum atomic E-state index is -3.58. The molecule has 22 heavy (non-hydrogen) atoms. The molecule has 1 saturated heterocycles. The second-order valence-corrected chi connectivity index (χ2v) is 7.33. The maximum absolute atomic E-state index is 12.8. The highest BCUT2D eigenvalue weighted by Gasteiger charge is 2.34. The summed E-state index contributed by atoms with van der Waals surface area (Å²) in [5.74, 6) is 0.653. The summed E-state index contributed by atoms with van der Waals surface area (Å²) in [4.78, 5) is 7.57. The number of hydrogen-bond acceptors (Lipinski definition) is 5. The van der Waals surface area contributed by atoms with Gasteiger partial charge in [0.2, 0.25) is 10.0 Å². The number of nitrogens with one attached hydrogen (secondary N) is 1. The Balaban J connectivity index is 1.86.